The van der Waals surface area contributed by atoms with Gasteiger partial charge in [-0.2, -0.15) is 0 Å². The molecule has 0 aliphatic carbocycles. The van der Waals surface area contributed by atoms with Crippen molar-refractivity contribution in [1.29, 1.82) is 0 Å². The number of halogens is 1. The highest BCUT2D eigenvalue weighted by molar-refractivity contribution is 5.21. The topological polar surface area (TPSA) is 12.0 Å². The van der Waals surface area contributed by atoms with Crippen molar-refractivity contribution in [2.45, 2.75) is 25.8 Å². The van der Waals surface area contributed by atoms with Crippen molar-refractivity contribution < 1.29 is 4.39 Å². The normalized spacial score (nSPS) is 12.3. The first-order chi connectivity index (χ1) is 9.29. The van der Waals surface area contributed by atoms with Gasteiger partial charge in [0.15, 0.2) is 0 Å². The molecule has 0 fully saturated rings. The lowest BCUT2D eigenvalue weighted by atomic mass is 9.99. The van der Waals surface area contributed by atoms with Crippen LogP contribution in [0.15, 0.2) is 54.6 Å². The molecule has 0 heterocycles. The fraction of sp³-hybridized carbons (Fsp3) is 0.294. The lowest BCUT2D eigenvalue weighted by molar-refractivity contribution is 0.514. The van der Waals surface area contributed by atoms with E-state index in [9.17, 15) is 4.39 Å². The van der Waals surface area contributed by atoms with E-state index < -0.39 is 0 Å². The Kier molecular flexibility index (Phi) is 5.10. The zero-order valence-corrected chi connectivity index (χ0v) is 11.3. The summed E-state index contributed by atoms with van der Waals surface area (Å²) in [6, 6.07) is 17.5. The first-order valence-corrected chi connectivity index (χ1v) is 6.82. The summed E-state index contributed by atoms with van der Waals surface area (Å²) >= 11 is 0. The van der Waals surface area contributed by atoms with Crippen LogP contribution in [-0.2, 0) is 6.42 Å². The average molecular weight is 257 g/mol. The summed E-state index contributed by atoms with van der Waals surface area (Å²) in [7, 11) is 0. The van der Waals surface area contributed by atoms with Crippen molar-refractivity contribution in [2.24, 2.45) is 0 Å². The largest absolute Gasteiger partial charge is 0.310 e. The third kappa shape index (κ3) is 4.18. The number of hydrogen-bond acceptors (Lipinski definition) is 1. The standard InChI is InChI=1S/C17H20FN/c1-2-19-17(15-9-11-16(18)12-10-15)13-8-14-6-4-3-5-7-14/h3-7,9-12,17,19H,2,8,13H2,1H3. The van der Waals surface area contributed by atoms with E-state index in [0.717, 1.165) is 24.9 Å². The second-order valence-corrected chi connectivity index (χ2v) is 4.69. The Morgan fingerprint density at radius 3 is 2.32 bits per heavy atom. The van der Waals surface area contributed by atoms with E-state index in [1.165, 1.54) is 17.7 Å². The lowest BCUT2D eigenvalue weighted by Gasteiger charge is -2.18. The van der Waals surface area contributed by atoms with Gasteiger partial charge in [-0.25, -0.2) is 4.39 Å². The molecule has 0 amide bonds. The minimum atomic E-state index is -0.179. The Bertz CT molecular complexity index is 478. The minimum absolute atomic E-state index is 0.179. The molecule has 0 saturated carbocycles. The molecule has 0 aliphatic rings. The highest BCUT2D eigenvalue weighted by Gasteiger charge is 2.10. The van der Waals surface area contributed by atoms with Crippen LogP contribution in [0.4, 0.5) is 4.39 Å². The predicted molar refractivity (Wildman–Crippen MR) is 77.6 cm³/mol. The summed E-state index contributed by atoms with van der Waals surface area (Å²) in [5.74, 6) is -0.179. The van der Waals surface area contributed by atoms with Crippen molar-refractivity contribution in [3.05, 3.63) is 71.5 Å². The third-order valence-electron chi connectivity index (χ3n) is 3.29. The zero-order valence-electron chi connectivity index (χ0n) is 11.3. The van der Waals surface area contributed by atoms with Gasteiger partial charge in [-0.05, 0) is 42.6 Å². The summed E-state index contributed by atoms with van der Waals surface area (Å²) in [6.45, 7) is 3.01. The van der Waals surface area contributed by atoms with Gasteiger partial charge >= 0.3 is 0 Å². The summed E-state index contributed by atoms with van der Waals surface area (Å²) in [6.07, 6.45) is 2.04. The van der Waals surface area contributed by atoms with E-state index in [2.05, 4.69) is 36.5 Å². The molecule has 0 spiro atoms. The van der Waals surface area contributed by atoms with Crippen LogP contribution in [0.1, 0.15) is 30.5 Å². The summed E-state index contributed by atoms with van der Waals surface area (Å²) in [5.41, 5.74) is 2.49. The number of benzene rings is 2. The maximum Gasteiger partial charge on any atom is 0.123 e. The van der Waals surface area contributed by atoms with E-state index in [1.54, 1.807) is 0 Å². The number of rotatable bonds is 6. The van der Waals surface area contributed by atoms with Crippen molar-refractivity contribution in [3.8, 4) is 0 Å². The molecule has 19 heavy (non-hydrogen) atoms. The highest BCUT2D eigenvalue weighted by atomic mass is 19.1. The molecule has 0 saturated heterocycles. The predicted octanol–water partition coefficient (Wildman–Crippen LogP) is 4.11. The molecule has 1 nitrogen and oxygen atoms in total. The number of nitrogens with one attached hydrogen (secondary N) is 1. The quantitative estimate of drug-likeness (QED) is 0.821. The molecule has 2 aromatic carbocycles. The molecular formula is C17H20FN. The highest BCUT2D eigenvalue weighted by Crippen LogP contribution is 2.19. The van der Waals surface area contributed by atoms with Gasteiger partial charge in [-0.3, -0.25) is 0 Å². The van der Waals surface area contributed by atoms with Crippen molar-refractivity contribution >= 4 is 0 Å². The molecule has 0 bridgehead atoms. The first kappa shape index (κ1) is 13.8. The monoisotopic (exact) mass is 257 g/mol. The van der Waals surface area contributed by atoms with Gasteiger partial charge in [0.05, 0.1) is 0 Å². The number of aryl methyl sites for hydroxylation is 1. The smallest absolute Gasteiger partial charge is 0.123 e. The van der Waals surface area contributed by atoms with Gasteiger partial charge in [0.1, 0.15) is 5.82 Å². The van der Waals surface area contributed by atoms with Crippen LogP contribution in [0.5, 0.6) is 0 Å². The van der Waals surface area contributed by atoms with Gasteiger partial charge in [-0.1, -0.05) is 49.4 Å². The Labute approximate surface area is 114 Å². The van der Waals surface area contributed by atoms with Crippen molar-refractivity contribution in [2.75, 3.05) is 6.54 Å². The molecule has 100 valence electrons. The molecule has 0 aliphatic heterocycles. The van der Waals surface area contributed by atoms with Crippen LogP contribution in [0.25, 0.3) is 0 Å². The maximum absolute atomic E-state index is 13.0. The second kappa shape index (κ2) is 7.05. The Morgan fingerprint density at radius 1 is 1.00 bits per heavy atom. The molecule has 1 N–H and O–H groups in total. The molecular weight excluding hydrogens is 237 g/mol. The van der Waals surface area contributed by atoms with Crippen LogP contribution in [0, 0.1) is 5.82 Å². The lowest BCUT2D eigenvalue weighted by Crippen LogP contribution is -2.21. The van der Waals surface area contributed by atoms with E-state index in [-0.39, 0.29) is 11.9 Å². The molecule has 1 atom stereocenters. The molecule has 1 unspecified atom stereocenters. The van der Waals surface area contributed by atoms with Crippen molar-refractivity contribution in [1.82, 2.24) is 5.32 Å². The van der Waals surface area contributed by atoms with Gasteiger partial charge in [0.25, 0.3) is 0 Å². The van der Waals surface area contributed by atoms with Gasteiger partial charge < -0.3 is 5.32 Å². The Hall–Kier alpha value is -1.67. The van der Waals surface area contributed by atoms with E-state index >= 15 is 0 Å². The van der Waals surface area contributed by atoms with Gasteiger partial charge in [0, 0.05) is 6.04 Å². The first-order valence-electron chi connectivity index (χ1n) is 6.82. The van der Waals surface area contributed by atoms with Crippen LogP contribution in [-0.4, -0.2) is 6.54 Å². The molecule has 2 heteroatoms. The zero-order chi connectivity index (χ0) is 13.5. The molecule has 0 radical (unpaired) electrons. The molecule has 2 rings (SSSR count). The molecule has 2 aromatic rings. The molecule has 0 aromatic heterocycles. The minimum Gasteiger partial charge on any atom is -0.310 e. The fourth-order valence-electron chi connectivity index (χ4n) is 2.28. The number of hydrogen-bond donors (Lipinski definition) is 1. The van der Waals surface area contributed by atoms with Gasteiger partial charge in [0.2, 0.25) is 0 Å². The van der Waals surface area contributed by atoms with E-state index in [4.69, 9.17) is 0 Å². The van der Waals surface area contributed by atoms with E-state index in [0.29, 0.717) is 0 Å². The summed E-state index contributed by atoms with van der Waals surface area (Å²) in [5, 5.41) is 3.47. The van der Waals surface area contributed by atoms with Gasteiger partial charge in [-0.15, -0.1) is 0 Å². The van der Waals surface area contributed by atoms with Crippen LogP contribution >= 0.6 is 0 Å². The van der Waals surface area contributed by atoms with E-state index in [1.807, 2.05) is 18.2 Å². The van der Waals surface area contributed by atoms with Crippen molar-refractivity contribution in [3.63, 3.8) is 0 Å². The Balaban J connectivity index is 2.02. The second-order valence-electron chi connectivity index (χ2n) is 4.69. The SMILES string of the molecule is CCNC(CCc1ccccc1)c1ccc(F)cc1. The Morgan fingerprint density at radius 2 is 1.68 bits per heavy atom. The van der Waals surface area contributed by atoms with Crippen LogP contribution in [0.2, 0.25) is 0 Å². The summed E-state index contributed by atoms with van der Waals surface area (Å²) < 4.78 is 13.0. The summed E-state index contributed by atoms with van der Waals surface area (Å²) in [4.78, 5) is 0. The third-order valence-corrected chi connectivity index (χ3v) is 3.29. The average Bonchev–Trinajstić information content (AvgIpc) is 2.46. The van der Waals surface area contributed by atoms with Crippen LogP contribution < -0.4 is 5.32 Å². The fourth-order valence-corrected chi connectivity index (χ4v) is 2.28. The maximum atomic E-state index is 13.0. The van der Waals surface area contributed by atoms with Crippen LogP contribution in [0.3, 0.4) is 0 Å².